The number of nitrogens with zero attached hydrogens (tertiary/aromatic N) is 3. The lowest BCUT2D eigenvalue weighted by Crippen LogP contribution is -2.54. The van der Waals surface area contributed by atoms with Crippen LogP contribution in [0.25, 0.3) is 0 Å². The van der Waals surface area contributed by atoms with Crippen LogP contribution in [0.2, 0.25) is 0 Å². The van der Waals surface area contributed by atoms with E-state index in [0.717, 1.165) is 36.9 Å². The van der Waals surface area contributed by atoms with Crippen molar-refractivity contribution in [1.82, 2.24) is 15.1 Å². The van der Waals surface area contributed by atoms with Gasteiger partial charge in [0, 0.05) is 25.6 Å². The standard InChI is InChI=1S/C24H27FN4O6/c25-17-11-15-16(23(33)29(22(15)32)18-1-2-20(30)26-21(18)31)12-19(17)28-9-5-14(6-10-28)27-7-3-13(4-8-27)24(34)35/h11-14,18H,1-10H2,(H,34,35)(H,26,30,31). The minimum absolute atomic E-state index is 0.0202. The maximum Gasteiger partial charge on any atom is 0.306 e. The third-order valence-electron chi connectivity index (χ3n) is 7.71. The first-order chi connectivity index (χ1) is 16.7. The van der Waals surface area contributed by atoms with Crippen molar-refractivity contribution in [2.45, 2.75) is 50.6 Å². The fourth-order valence-corrected chi connectivity index (χ4v) is 5.70. The van der Waals surface area contributed by atoms with Gasteiger partial charge in [-0.2, -0.15) is 0 Å². The van der Waals surface area contributed by atoms with Crippen molar-refractivity contribution in [3.8, 4) is 0 Å². The molecule has 0 bridgehead atoms. The third-order valence-corrected chi connectivity index (χ3v) is 7.71. The molecule has 0 aliphatic carbocycles. The van der Waals surface area contributed by atoms with E-state index in [0.29, 0.717) is 32.0 Å². The maximum atomic E-state index is 15.1. The van der Waals surface area contributed by atoms with Gasteiger partial charge in [-0.1, -0.05) is 0 Å². The van der Waals surface area contributed by atoms with Gasteiger partial charge < -0.3 is 14.9 Å². The monoisotopic (exact) mass is 486 g/mol. The van der Waals surface area contributed by atoms with Crippen LogP contribution in [-0.4, -0.2) is 82.8 Å². The molecule has 4 aliphatic rings. The molecule has 0 saturated carbocycles. The Balaban J connectivity index is 1.27. The van der Waals surface area contributed by atoms with E-state index in [1.165, 1.54) is 6.07 Å². The van der Waals surface area contributed by atoms with E-state index in [1.807, 2.05) is 4.90 Å². The first-order valence-corrected chi connectivity index (χ1v) is 12.0. The van der Waals surface area contributed by atoms with Crippen LogP contribution in [0, 0.1) is 11.7 Å². The number of carboxylic acid groups (broad SMARTS) is 1. The third kappa shape index (κ3) is 4.18. The lowest BCUT2D eigenvalue weighted by molar-refractivity contribution is -0.143. The molecule has 2 N–H and O–H groups in total. The molecule has 4 aliphatic heterocycles. The topological polar surface area (TPSA) is 127 Å². The van der Waals surface area contributed by atoms with E-state index < -0.39 is 41.5 Å². The van der Waals surface area contributed by atoms with Crippen molar-refractivity contribution in [3.05, 3.63) is 29.1 Å². The number of rotatable bonds is 4. The molecule has 1 aromatic carbocycles. The highest BCUT2D eigenvalue weighted by molar-refractivity contribution is 6.23. The van der Waals surface area contributed by atoms with Gasteiger partial charge in [0.15, 0.2) is 0 Å². The maximum absolute atomic E-state index is 15.1. The van der Waals surface area contributed by atoms with Crippen LogP contribution >= 0.6 is 0 Å². The number of fused-ring (bicyclic) bond motifs is 1. The molecule has 1 atom stereocenters. The largest absolute Gasteiger partial charge is 0.481 e. The number of likely N-dealkylation sites (tertiary alicyclic amines) is 1. The molecule has 11 heteroatoms. The number of carbonyl (C=O) groups excluding carboxylic acids is 4. The number of benzene rings is 1. The Morgan fingerprint density at radius 2 is 1.54 bits per heavy atom. The van der Waals surface area contributed by atoms with E-state index in [-0.39, 0.29) is 35.6 Å². The number of anilines is 1. The second-order valence-corrected chi connectivity index (χ2v) is 9.66. The van der Waals surface area contributed by atoms with Crippen LogP contribution in [0.1, 0.15) is 59.2 Å². The summed E-state index contributed by atoms with van der Waals surface area (Å²) >= 11 is 0. The average molecular weight is 487 g/mol. The number of amides is 4. The number of halogens is 1. The summed E-state index contributed by atoms with van der Waals surface area (Å²) in [7, 11) is 0. The predicted molar refractivity (Wildman–Crippen MR) is 120 cm³/mol. The van der Waals surface area contributed by atoms with Crippen molar-refractivity contribution >= 4 is 35.3 Å². The zero-order valence-electron chi connectivity index (χ0n) is 19.2. The fraction of sp³-hybridized carbons (Fsp3) is 0.542. The molecule has 0 radical (unpaired) electrons. The number of imide groups is 2. The minimum Gasteiger partial charge on any atom is -0.481 e. The predicted octanol–water partition coefficient (Wildman–Crippen LogP) is 0.992. The SMILES string of the molecule is O=C1CCC(N2C(=O)c3cc(F)c(N4CCC(N5CCC(C(=O)O)CC5)CC4)cc3C2=O)C(=O)N1. The molecule has 5 rings (SSSR count). The van der Waals surface area contributed by atoms with E-state index >= 15 is 4.39 Å². The van der Waals surface area contributed by atoms with Crippen LogP contribution in [0.3, 0.4) is 0 Å². The quantitative estimate of drug-likeness (QED) is 0.604. The molecule has 35 heavy (non-hydrogen) atoms. The zero-order chi connectivity index (χ0) is 24.9. The average Bonchev–Trinajstić information content (AvgIpc) is 3.08. The number of carbonyl (C=O) groups is 5. The van der Waals surface area contributed by atoms with Crippen molar-refractivity contribution in [2.75, 3.05) is 31.1 Å². The summed E-state index contributed by atoms with van der Waals surface area (Å²) in [5, 5.41) is 11.3. The van der Waals surface area contributed by atoms with Crippen molar-refractivity contribution in [3.63, 3.8) is 0 Å². The molecule has 3 fully saturated rings. The normalized spacial score (nSPS) is 24.7. The van der Waals surface area contributed by atoms with Crippen molar-refractivity contribution in [1.29, 1.82) is 0 Å². The van der Waals surface area contributed by atoms with Gasteiger partial charge in [0.25, 0.3) is 11.8 Å². The van der Waals surface area contributed by atoms with Gasteiger partial charge in [0.2, 0.25) is 11.8 Å². The number of piperidine rings is 3. The lowest BCUT2D eigenvalue weighted by atomic mass is 9.93. The van der Waals surface area contributed by atoms with E-state index in [4.69, 9.17) is 0 Å². The first kappa shape index (κ1) is 23.4. The van der Waals surface area contributed by atoms with Crippen LogP contribution < -0.4 is 10.2 Å². The minimum atomic E-state index is -1.09. The highest BCUT2D eigenvalue weighted by Crippen LogP contribution is 2.34. The highest BCUT2D eigenvalue weighted by atomic mass is 19.1. The molecule has 0 aromatic heterocycles. The van der Waals surface area contributed by atoms with E-state index in [9.17, 15) is 29.1 Å². The second-order valence-electron chi connectivity index (χ2n) is 9.66. The Morgan fingerprint density at radius 1 is 0.914 bits per heavy atom. The molecule has 3 saturated heterocycles. The zero-order valence-corrected chi connectivity index (χ0v) is 19.2. The smallest absolute Gasteiger partial charge is 0.306 e. The van der Waals surface area contributed by atoms with Gasteiger partial charge >= 0.3 is 5.97 Å². The highest BCUT2D eigenvalue weighted by Gasteiger charge is 2.45. The summed E-state index contributed by atoms with van der Waals surface area (Å²) < 4.78 is 15.1. The number of hydrogen-bond donors (Lipinski definition) is 2. The molecule has 4 amide bonds. The van der Waals surface area contributed by atoms with Gasteiger partial charge in [-0.3, -0.25) is 34.2 Å². The summed E-state index contributed by atoms with van der Waals surface area (Å²) in [5.41, 5.74) is 0.240. The summed E-state index contributed by atoms with van der Waals surface area (Å²) in [5.74, 6) is -4.17. The Labute approximate surface area is 201 Å². The summed E-state index contributed by atoms with van der Waals surface area (Å²) in [6, 6.07) is 1.67. The van der Waals surface area contributed by atoms with E-state index in [1.54, 1.807) is 0 Å². The molecular weight excluding hydrogens is 459 g/mol. The van der Waals surface area contributed by atoms with Gasteiger partial charge in [-0.15, -0.1) is 0 Å². The number of hydrogen-bond acceptors (Lipinski definition) is 7. The molecule has 0 spiro atoms. The number of nitrogens with one attached hydrogen (secondary N) is 1. The Hall–Kier alpha value is -3.34. The van der Waals surface area contributed by atoms with Crippen molar-refractivity contribution < 1.29 is 33.5 Å². The van der Waals surface area contributed by atoms with Crippen LogP contribution in [0.5, 0.6) is 0 Å². The van der Waals surface area contributed by atoms with Crippen molar-refractivity contribution in [2.24, 2.45) is 5.92 Å². The molecule has 10 nitrogen and oxygen atoms in total. The van der Waals surface area contributed by atoms with Crippen LogP contribution in [-0.2, 0) is 14.4 Å². The molecule has 186 valence electrons. The van der Waals surface area contributed by atoms with Crippen LogP contribution in [0.4, 0.5) is 10.1 Å². The first-order valence-electron chi connectivity index (χ1n) is 12.0. The summed E-state index contributed by atoms with van der Waals surface area (Å²) in [6.07, 6.45) is 2.89. The Kier molecular flexibility index (Phi) is 6.04. The van der Waals surface area contributed by atoms with Gasteiger partial charge in [0.05, 0.1) is 22.7 Å². The Morgan fingerprint density at radius 3 is 2.14 bits per heavy atom. The molecule has 1 aromatic rings. The van der Waals surface area contributed by atoms with E-state index in [2.05, 4.69) is 10.2 Å². The fourth-order valence-electron chi connectivity index (χ4n) is 5.70. The summed E-state index contributed by atoms with van der Waals surface area (Å²) in [6.45, 7) is 2.61. The van der Waals surface area contributed by atoms with Gasteiger partial charge in [-0.25, -0.2) is 4.39 Å². The van der Waals surface area contributed by atoms with Crippen LogP contribution in [0.15, 0.2) is 12.1 Å². The molecule has 1 unspecified atom stereocenters. The second kappa shape index (κ2) is 9.03. The Bertz CT molecular complexity index is 1110. The number of carboxylic acids is 1. The number of aliphatic carboxylic acids is 1. The lowest BCUT2D eigenvalue weighted by Gasteiger charge is -2.42. The molecule has 4 heterocycles. The van der Waals surface area contributed by atoms with Gasteiger partial charge in [-0.05, 0) is 57.3 Å². The summed E-state index contributed by atoms with van der Waals surface area (Å²) in [4.78, 5) is 65.8. The molecular formula is C24H27FN4O6. The van der Waals surface area contributed by atoms with Gasteiger partial charge in [0.1, 0.15) is 11.9 Å².